The second kappa shape index (κ2) is 6.22. The zero-order valence-corrected chi connectivity index (χ0v) is 13.4. The molecule has 94 valence electrons. The summed E-state index contributed by atoms with van der Waals surface area (Å²) in [6, 6.07) is 9.96. The van der Waals surface area contributed by atoms with Gasteiger partial charge in [-0.05, 0) is 58.0 Å². The van der Waals surface area contributed by atoms with Crippen LogP contribution in [0, 0.1) is 3.57 Å². The van der Waals surface area contributed by atoms with Gasteiger partial charge in [0.25, 0.3) is 0 Å². The Hall–Kier alpha value is -0.320. The Bertz CT molecular complexity index is 531. The van der Waals surface area contributed by atoms with Crippen molar-refractivity contribution >= 4 is 45.8 Å². The standard InChI is InChI=1S/C14H12Cl2IN/c1-9(10-4-6-18-7-5-10)14(16)11-2-3-13(17)12(15)8-11/h2-9,14H,1H3. The van der Waals surface area contributed by atoms with E-state index in [2.05, 4.69) is 34.5 Å². The lowest BCUT2D eigenvalue weighted by Gasteiger charge is -2.19. The van der Waals surface area contributed by atoms with Gasteiger partial charge in [0, 0.05) is 21.9 Å². The van der Waals surface area contributed by atoms with Gasteiger partial charge in [0.1, 0.15) is 0 Å². The van der Waals surface area contributed by atoms with Crippen molar-refractivity contribution in [3.05, 3.63) is 62.4 Å². The maximum atomic E-state index is 6.53. The number of halogens is 3. The molecule has 0 N–H and O–H groups in total. The summed E-state index contributed by atoms with van der Waals surface area (Å²) in [6.07, 6.45) is 3.58. The first-order chi connectivity index (χ1) is 8.59. The highest BCUT2D eigenvalue weighted by Gasteiger charge is 2.19. The first kappa shape index (κ1) is 14.1. The average molecular weight is 392 g/mol. The van der Waals surface area contributed by atoms with Crippen LogP contribution in [0.5, 0.6) is 0 Å². The Balaban J connectivity index is 2.25. The molecule has 1 aromatic carbocycles. The highest BCUT2D eigenvalue weighted by atomic mass is 127. The van der Waals surface area contributed by atoms with Crippen molar-refractivity contribution in [1.29, 1.82) is 0 Å². The minimum absolute atomic E-state index is 0.0955. The summed E-state index contributed by atoms with van der Waals surface area (Å²) in [7, 11) is 0. The summed E-state index contributed by atoms with van der Waals surface area (Å²) in [5, 5.41) is 0.655. The van der Waals surface area contributed by atoms with Gasteiger partial charge >= 0.3 is 0 Å². The second-order valence-corrected chi connectivity index (χ2v) is 6.18. The van der Waals surface area contributed by atoms with Crippen molar-refractivity contribution in [3.8, 4) is 0 Å². The van der Waals surface area contributed by atoms with Crippen molar-refractivity contribution in [2.75, 3.05) is 0 Å². The molecule has 1 heterocycles. The van der Waals surface area contributed by atoms with Gasteiger partial charge in [-0.2, -0.15) is 0 Å². The Labute approximate surface area is 131 Å². The van der Waals surface area contributed by atoms with Gasteiger partial charge in [-0.15, -0.1) is 11.6 Å². The van der Waals surface area contributed by atoms with Crippen LogP contribution in [0.1, 0.15) is 29.3 Å². The highest BCUT2D eigenvalue weighted by molar-refractivity contribution is 14.1. The summed E-state index contributed by atoms with van der Waals surface area (Å²) in [4.78, 5) is 4.02. The van der Waals surface area contributed by atoms with E-state index in [0.29, 0.717) is 0 Å². The van der Waals surface area contributed by atoms with Crippen LogP contribution in [0.4, 0.5) is 0 Å². The molecule has 1 aromatic heterocycles. The van der Waals surface area contributed by atoms with E-state index in [1.807, 2.05) is 30.3 Å². The largest absolute Gasteiger partial charge is 0.265 e. The monoisotopic (exact) mass is 391 g/mol. The lowest BCUT2D eigenvalue weighted by Crippen LogP contribution is -2.03. The molecule has 2 atom stereocenters. The van der Waals surface area contributed by atoms with Crippen LogP contribution >= 0.6 is 45.8 Å². The van der Waals surface area contributed by atoms with Crippen LogP contribution in [0.2, 0.25) is 5.02 Å². The molecule has 2 aromatic rings. The van der Waals surface area contributed by atoms with Gasteiger partial charge in [-0.3, -0.25) is 4.98 Å². The SMILES string of the molecule is CC(c1ccncc1)C(Cl)c1ccc(I)c(Cl)c1. The fourth-order valence-corrected chi connectivity index (χ4v) is 2.61. The number of pyridine rings is 1. The zero-order chi connectivity index (χ0) is 13.1. The molecule has 4 heteroatoms. The smallest absolute Gasteiger partial charge is 0.0651 e. The Morgan fingerprint density at radius 3 is 2.39 bits per heavy atom. The molecule has 2 unspecified atom stereocenters. The number of hydrogen-bond donors (Lipinski definition) is 0. The molecule has 1 nitrogen and oxygen atoms in total. The van der Waals surface area contributed by atoms with Crippen molar-refractivity contribution in [2.24, 2.45) is 0 Å². The van der Waals surface area contributed by atoms with E-state index in [9.17, 15) is 0 Å². The van der Waals surface area contributed by atoms with Crippen LogP contribution in [-0.4, -0.2) is 4.98 Å². The molecule has 0 amide bonds. The summed E-state index contributed by atoms with van der Waals surface area (Å²) < 4.78 is 1.04. The minimum atomic E-state index is -0.0955. The molecule has 0 aliphatic carbocycles. The van der Waals surface area contributed by atoms with Crippen molar-refractivity contribution in [1.82, 2.24) is 4.98 Å². The Morgan fingerprint density at radius 1 is 1.11 bits per heavy atom. The summed E-state index contributed by atoms with van der Waals surface area (Å²) in [6.45, 7) is 2.11. The van der Waals surface area contributed by atoms with Crippen molar-refractivity contribution in [2.45, 2.75) is 18.2 Å². The molecule has 0 saturated heterocycles. The third kappa shape index (κ3) is 3.16. The van der Waals surface area contributed by atoms with Crippen molar-refractivity contribution < 1.29 is 0 Å². The van der Waals surface area contributed by atoms with E-state index in [1.54, 1.807) is 12.4 Å². The number of rotatable bonds is 3. The number of benzene rings is 1. The quantitative estimate of drug-likeness (QED) is 0.502. The van der Waals surface area contributed by atoms with Gasteiger partial charge < -0.3 is 0 Å². The van der Waals surface area contributed by atoms with Gasteiger partial charge in [0.05, 0.1) is 10.4 Å². The fourth-order valence-electron chi connectivity index (χ4n) is 1.81. The number of hydrogen-bond acceptors (Lipinski definition) is 1. The number of alkyl halides is 1. The van der Waals surface area contributed by atoms with Gasteiger partial charge in [-0.25, -0.2) is 0 Å². The third-order valence-electron chi connectivity index (χ3n) is 2.93. The van der Waals surface area contributed by atoms with Crippen LogP contribution < -0.4 is 0 Å². The molecule has 2 rings (SSSR count). The van der Waals surface area contributed by atoms with E-state index in [0.717, 1.165) is 14.2 Å². The molecule has 18 heavy (non-hydrogen) atoms. The van der Waals surface area contributed by atoms with E-state index in [1.165, 1.54) is 5.56 Å². The molecule has 0 saturated carbocycles. The molecule has 0 aliphatic rings. The maximum absolute atomic E-state index is 6.53. The van der Waals surface area contributed by atoms with E-state index in [-0.39, 0.29) is 11.3 Å². The molecule has 0 radical (unpaired) electrons. The van der Waals surface area contributed by atoms with Gasteiger partial charge in [-0.1, -0.05) is 24.6 Å². The predicted molar refractivity (Wildman–Crippen MR) is 85.4 cm³/mol. The predicted octanol–water partition coefficient (Wildman–Crippen LogP) is 5.42. The maximum Gasteiger partial charge on any atom is 0.0651 e. The lowest BCUT2D eigenvalue weighted by molar-refractivity contribution is 0.730. The topological polar surface area (TPSA) is 12.9 Å². The second-order valence-electron chi connectivity index (χ2n) is 4.14. The molecular weight excluding hydrogens is 380 g/mol. The Kier molecular flexibility index (Phi) is 4.87. The normalized spacial score (nSPS) is 14.2. The average Bonchev–Trinajstić information content (AvgIpc) is 2.41. The first-order valence-corrected chi connectivity index (χ1v) is 7.48. The summed E-state index contributed by atoms with van der Waals surface area (Å²) >= 11 is 14.9. The van der Waals surface area contributed by atoms with E-state index in [4.69, 9.17) is 23.2 Å². The first-order valence-electron chi connectivity index (χ1n) is 5.58. The fraction of sp³-hybridized carbons (Fsp3) is 0.214. The minimum Gasteiger partial charge on any atom is -0.265 e. The molecule has 0 bridgehead atoms. The van der Waals surface area contributed by atoms with Crippen LogP contribution in [0.15, 0.2) is 42.7 Å². The summed E-state index contributed by atoms with van der Waals surface area (Å²) in [5.41, 5.74) is 2.23. The summed E-state index contributed by atoms with van der Waals surface area (Å²) in [5.74, 6) is 0.214. The number of nitrogens with zero attached hydrogens (tertiary/aromatic N) is 1. The Morgan fingerprint density at radius 2 is 1.78 bits per heavy atom. The molecular formula is C14H12Cl2IN. The molecule has 0 aliphatic heterocycles. The van der Waals surface area contributed by atoms with Gasteiger partial charge in [0.15, 0.2) is 0 Å². The van der Waals surface area contributed by atoms with Crippen molar-refractivity contribution in [3.63, 3.8) is 0 Å². The van der Waals surface area contributed by atoms with E-state index < -0.39 is 0 Å². The van der Waals surface area contributed by atoms with Crippen LogP contribution in [0.25, 0.3) is 0 Å². The van der Waals surface area contributed by atoms with Crippen LogP contribution in [0.3, 0.4) is 0 Å². The molecule has 0 fully saturated rings. The lowest BCUT2D eigenvalue weighted by atomic mass is 9.94. The highest BCUT2D eigenvalue weighted by Crippen LogP contribution is 2.37. The third-order valence-corrected chi connectivity index (χ3v) is 5.14. The van der Waals surface area contributed by atoms with E-state index >= 15 is 0 Å². The molecule has 0 spiro atoms. The number of aromatic nitrogens is 1. The van der Waals surface area contributed by atoms with Gasteiger partial charge in [0.2, 0.25) is 0 Å². The zero-order valence-electron chi connectivity index (χ0n) is 9.78. The van der Waals surface area contributed by atoms with Crippen LogP contribution in [-0.2, 0) is 0 Å².